The molecule has 3 heterocycles. The van der Waals surface area contributed by atoms with Gasteiger partial charge in [0.1, 0.15) is 0 Å². The molecule has 492 valence electrons. The van der Waals surface area contributed by atoms with Gasteiger partial charge < -0.3 is 35.1 Å². The Morgan fingerprint density at radius 1 is 0.471 bits per heavy atom. The number of likely N-dealkylation sites (tertiary alicyclic amines) is 3. The van der Waals surface area contributed by atoms with Crippen LogP contribution in [-0.2, 0) is 68.5 Å². The molecular weight excluding hydrogens is 1190 g/mol. The number of unbranched alkanes of at least 4 members (excludes halogenated alkanes) is 6. The minimum absolute atomic E-state index is 0.195. The van der Waals surface area contributed by atoms with Gasteiger partial charge >= 0.3 is 30.1 Å². The third-order valence-corrected chi connectivity index (χ3v) is 21.1. The summed E-state index contributed by atoms with van der Waals surface area (Å²) in [6.07, 6.45) is 10.9. The summed E-state index contributed by atoms with van der Waals surface area (Å²) in [6.45, 7) is 12.3. The summed E-state index contributed by atoms with van der Waals surface area (Å²) in [7, 11) is -5.43. The van der Waals surface area contributed by atoms with Crippen molar-refractivity contribution in [1.82, 2.24) is 28.9 Å². The monoisotopic (exact) mass is 1290 g/mol. The maximum absolute atomic E-state index is 13.1. The average molecular weight is 1290 g/mol. The summed E-state index contributed by atoms with van der Waals surface area (Å²) in [5.74, 6) is -6.41. The second-order valence-corrected chi connectivity index (χ2v) is 28.5. The number of aliphatic carboxylic acids is 4. The summed E-state index contributed by atoms with van der Waals surface area (Å²) in [6, 6.07) is 20.9. The number of halogens is 3. The van der Waals surface area contributed by atoms with Gasteiger partial charge in [0.25, 0.3) is 0 Å². The molecule has 0 saturated carbocycles. The van der Waals surface area contributed by atoms with Gasteiger partial charge in [-0.05, 0) is 197 Å². The number of aryl methyl sites for hydroxylation is 3. The lowest BCUT2D eigenvalue weighted by Crippen LogP contribution is -2.60. The molecule has 0 bridgehead atoms. The molecule has 0 spiro atoms. The van der Waals surface area contributed by atoms with Crippen LogP contribution in [0.25, 0.3) is 0 Å². The number of carboxylic acid groups (broad SMARTS) is 4. The van der Waals surface area contributed by atoms with Gasteiger partial charge in [-0.1, -0.05) is 103 Å². The van der Waals surface area contributed by atoms with Crippen molar-refractivity contribution < 1.29 is 78.0 Å². The lowest BCUT2D eigenvalue weighted by atomic mass is 9.76. The molecule has 3 fully saturated rings. The van der Waals surface area contributed by atoms with Gasteiger partial charge in [-0.15, -0.1) is 0 Å². The molecule has 1 atom stereocenters. The number of nitrogens with one attached hydrogen (secondary N) is 3. The number of carbonyl (C=O) groups is 4. The fraction of sp³-hybridized carbons (Fsp3) is 0.639. The molecular formula is C61H95F3N6O14S3. The Kier molecular flexibility index (Phi) is 31.0. The Bertz CT molecular complexity index is 2830. The summed E-state index contributed by atoms with van der Waals surface area (Å²) < 4.78 is 117. The Hall–Kier alpha value is -5.06. The second-order valence-electron chi connectivity index (χ2n) is 23.5. The first-order valence-corrected chi connectivity index (χ1v) is 34.6. The molecule has 0 amide bonds. The van der Waals surface area contributed by atoms with Crippen LogP contribution < -0.4 is 14.2 Å². The molecule has 3 aliphatic heterocycles. The van der Waals surface area contributed by atoms with E-state index in [2.05, 4.69) is 49.6 Å². The first kappa shape index (κ1) is 76.2. The van der Waals surface area contributed by atoms with Crippen LogP contribution in [0.1, 0.15) is 160 Å². The van der Waals surface area contributed by atoms with Gasteiger partial charge in [-0.2, -0.15) is 13.2 Å². The molecule has 7 N–H and O–H groups in total. The first-order valence-electron chi connectivity index (χ1n) is 30.1. The van der Waals surface area contributed by atoms with Gasteiger partial charge in [0.15, 0.2) is 0 Å². The van der Waals surface area contributed by atoms with E-state index in [1.54, 1.807) is 43.3 Å². The zero-order valence-electron chi connectivity index (χ0n) is 51.7. The molecule has 20 nitrogen and oxygen atoms in total. The number of rotatable bonds is 28. The molecule has 3 aromatic carbocycles. The van der Waals surface area contributed by atoms with Crippen LogP contribution in [0.3, 0.4) is 0 Å². The van der Waals surface area contributed by atoms with Crippen molar-refractivity contribution in [3.63, 3.8) is 0 Å². The summed E-state index contributed by atoms with van der Waals surface area (Å²) in [4.78, 5) is 50.2. The van der Waals surface area contributed by atoms with Crippen LogP contribution in [0.4, 0.5) is 13.2 Å². The molecule has 3 aromatic rings. The molecule has 3 saturated heterocycles. The summed E-state index contributed by atoms with van der Waals surface area (Å²) >= 11 is 0. The van der Waals surface area contributed by atoms with E-state index in [0.29, 0.717) is 84.2 Å². The van der Waals surface area contributed by atoms with Gasteiger partial charge in [-0.3, -0.25) is 14.4 Å². The van der Waals surface area contributed by atoms with Crippen LogP contribution >= 0.6 is 0 Å². The van der Waals surface area contributed by atoms with Crippen molar-refractivity contribution in [2.45, 2.75) is 200 Å². The third-order valence-electron chi connectivity index (χ3n) is 16.3. The average Bonchev–Trinajstić information content (AvgIpc) is 1.42. The Morgan fingerprint density at radius 3 is 0.966 bits per heavy atom. The van der Waals surface area contributed by atoms with Crippen LogP contribution in [0, 0.1) is 5.92 Å². The van der Waals surface area contributed by atoms with E-state index in [0.717, 1.165) is 93.7 Å². The van der Waals surface area contributed by atoms with Crippen molar-refractivity contribution in [3.05, 3.63) is 89.5 Å². The molecule has 0 radical (unpaired) electrons. The number of carboxylic acids is 4. The summed E-state index contributed by atoms with van der Waals surface area (Å²) in [5.41, 5.74) is 0.576. The predicted octanol–water partition coefficient (Wildman–Crippen LogP) is 9.18. The van der Waals surface area contributed by atoms with Crippen LogP contribution in [0.15, 0.2) is 87.5 Å². The molecule has 26 heteroatoms. The number of nitrogens with zero attached hydrogens (tertiary/aromatic N) is 3. The second kappa shape index (κ2) is 35.4. The zero-order chi connectivity index (χ0) is 65.3. The zero-order valence-corrected chi connectivity index (χ0v) is 54.1. The van der Waals surface area contributed by atoms with E-state index in [9.17, 15) is 68.1 Å². The third kappa shape index (κ3) is 25.8. The smallest absolute Gasteiger partial charge is 0.481 e. The highest BCUT2D eigenvalue weighted by Crippen LogP contribution is 2.35. The van der Waals surface area contributed by atoms with Crippen molar-refractivity contribution in [3.8, 4) is 0 Å². The summed E-state index contributed by atoms with van der Waals surface area (Å²) in [5, 5.41) is 35.3. The first-order chi connectivity index (χ1) is 40.7. The fourth-order valence-electron chi connectivity index (χ4n) is 10.9. The molecule has 0 aliphatic carbocycles. The maximum atomic E-state index is 13.1. The standard InChI is InChI=1S/C21H34N2O4S.2C19H30N2O4S.C2HF3O2/c1-4-6-7-8-17-9-11-18(12-10-17)28(26,27)22-21(19(5-2)20(24)25)13-15-23(3)16-14-21;2*1-3-4-5-6-16-7-9-17(10-8-16)26(24,25)20-19(15-18(22)23)11-13-21(2)14-12-19;3-2(4,5)1(6)7/h9-12,19,22H,4-8,13-16H2,1-3H3,(H,24,25);2*7-10,20H,3-6,11-15H2,1-2H3,(H,22,23);(H,6,7). The minimum Gasteiger partial charge on any atom is -0.481 e. The molecule has 87 heavy (non-hydrogen) atoms. The van der Waals surface area contributed by atoms with E-state index < -0.39 is 82.7 Å². The van der Waals surface area contributed by atoms with E-state index in [4.69, 9.17) is 9.90 Å². The predicted molar refractivity (Wildman–Crippen MR) is 328 cm³/mol. The molecule has 3 aliphatic rings. The number of alkyl halides is 3. The number of hydrogen-bond donors (Lipinski definition) is 7. The van der Waals surface area contributed by atoms with Crippen molar-refractivity contribution in [1.29, 1.82) is 0 Å². The normalized spacial score (nSPS) is 17.6. The minimum atomic E-state index is -5.08. The number of sulfonamides is 3. The number of piperidine rings is 3. The van der Waals surface area contributed by atoms with Crippen molar-refractivity contribution >= 4 is 53.9 Å². The van der Waals surface area contributed by atoms with Crippen LogP contribution in [0.2, 0.25) is 0 Å². The van der Waals surface area contributed by atoms with E-state index >= 15 is 0 Å². The lowest BCUT2D eigenvalue weighted by Gasteiger charge is -2.44. The van der Waals surface area contributed by atoms with Crippen molar-refractivity contribution in [2.24, 2.45) is 5.92 Å². The topological polar surface area (TPSA) is 297 Å². The van der Waals surface area contributed by atoms with E-state index in [1.807, 2.05) is 57.5 Å². The highest BCUT2D eigenvalue weighted by Gasteiger charge is 2.47. The van der Waals surface area contributed by atoms with Crippen LogP contribution in [-0.4, -0.2) is 167 Å². The highest BCUT2D eigenvalue weighted by molar-refractivity contribution is 7.90. The quantitative estimate of drug-likeness (QED) is 0.0333. The Morgan fingerprint density at radius 2 is 0.736 bits per heavy atom. The highest BCUT2D eigenvalue weighted by atomic mass is 32.2. The maximum Gasteiger partial charge on any atom is 0.490 e. The number of benzene rings is 3. The van der Waals surface area contributed by atoms with Crippen molar-refractivity contribution in [2.75, 3.05) is 60.4 Å². The fourth-order valence-corrected chi connectivity index (χ4v) is 15.3. The Balaban J connectivity index is 0.000000323. The lowest BCUT2D eigenvalue weighted by molar-refractivity contribution is -0.192. The SMILES string of the molecule is CCCCCc1ccc(S(=O)(=O)NC2(C(CC)C(=O)O)CCN(C)CC2)cc1.CCCCCc1ccc(S(=O)(=O)NC2(CC(=O)O)CCN(C)CC2)cc1.CCCCCc1ccc(S(=O)(=O)NC2(CC(=O)O)CCN(C)CC2)cc1.O=C(O)C(F)(F)F. The van der Waals surface area contributed by atoms with Gasteiger partial charge in [0, 0.05) is 16.6 Å². The van der Waals surface area contributed by atoms with Crippen LogP contribution in [0.5, 0.6) is 0 Å². The van der Waals surface area contributed by atoms with Gasteiger partial charge in [0.2, 0.25) is 30.1 Å². The molecule has 1 unspecified atom stereocenters. The number of hydrogen-bond acceptors (Lipinski definition) is 13. The van der Waals surface area contributed by atoms with Gasteiger partial charge in [-0.25, -0.2) is 44.2 Å². The molecule has 6 rings (SSSR count). The molecule has 0 aromatic heterocycles. The Labute approximate surface area is 514 Å². The van der Waals surface area contributed by atoms with E-state index in [-0.39, 0.29) is 27.5 Å². The van der Waals surface area contributed by atoms with Gasteiger partial charge in [0.05, 0.1) is 33.4 Å². The largest absolute Gasteiger partial charge is 0.490 e. The van der Waals surface area contributed by atoms with E-state index in [1.165, 1.54) is 0 Å².